The average Bonchev–Trinajstić information content (AvgIpc) is 3.34. The van der Waals surface area contributed by atoms with E-state index >= 15 is 0 Å². The van der Waals surface area contributed by atoms with E-state index in [2.05, 4.69) is 118 Å². The monoisotopic (exact) mass is 523 g/mol. The molecule has 0 aliphatic carbocycles. The van der Waals surface area contributed by atoms with E-state index in [0.29, 0.717) is 0 Å². The summed E-state index contributed by atoms with van der Waals surface area (Å²) in [5.41, 5.74) is 5.03. The fourth-order valence-electron chi connectivity index (χ4n) is 4.14. The van der Waals surface area contributed by atoms with Crippen molar-refractivity contribution in [3.63, 3.8) is 0 Å². The summed E-state index contributed by atoms with van der Waals surface area (Å²) in [4.78, 5) is 2.52. The molecule has 1 unspecified atom stereocenters. The molecular formula is C28H30INO. The zero-order chi connectivity index (χ0) is 21.3. The van der Waals surface area contributed by atoms with Crippen LogP contribution in [0, 0.1) is 3.57 Å². The molecule has 0 bridgehead atoms. The van der Waals surface area contributed by atoms with Gasteiger partial charge in [0.15, 0.2) is 0 Å². The van der Waals surface area contributed by atoms with Crippen LogP contribution in [0.4, 0.5) is 0 Å². The zero-order valence-electron chi connectivity index (χ0n) is 17.9. The van der Waals surface area contributed by atoms with Gasteiger partial charge in [-0.15, -0.1) is 0 Å². The van der Waals surface area contributed by atoms with Gasteiger partial charge in [0, 0.05) is 16.5 Å². The van der Waals surface area contributed by atoms with E-state index in [4.69, 9.17) is 4.74 Å². The lowest BCUT2D eigenvalue weighted by atomic mass is 9.94. The van der Waals surface area contributed by atoms with Gasteiger partial charge in [0.2, 0.25) is 0 Å². The van der Waals surface area contributed by atoms with Crippen LogP contribution in [-0.4, -0.2) is 31.1 Å². The van der Waals surface area contributed by atoms with Gasteiger partial charge >= 0.3 is 0 Å². The first-order valence-corrected chi connectivity index (χ1v) is 12.3. The quantitative estimate of drug-likeness (QED) is 0.220. The van der Waals surface area contributed by atoms with Crippen molar-refractivity contribution in [3.8, 4) is 0 Å². The first-order valence-electron chi connectivity index (χ1n) is 11.2. The molecule has 0 aromatic heterocycles. The lowest BCUT2D eigenvalue weighted by molar-refractivity contribution is 0.0433. The lowest BCUT2D eigenvalue weighted by Gasteiger charge is -2.22. The smallest absolute Gasteiger partial charge is 0.0866 e. The highest BCUT2D eigenvalue weighted by atomic mass is 127. The first kappa shape index (κ1) is 22.3. The Morgan fingerprint density at radius 1 is 0.871 bits per heavy atom. The summed E-state index contributed by atoms with van der Waals surface area (Å²) in [6.45, 7) is 4.21. The van der Waals surface area contributed by atoms with Crippen LogP contribution < -0.4 is 0 Å². The molecule has 1 aliphatic heterocycles. The molecule has 0 radical (unpaired) electrons. The largest absolute Gasteiger partial charge is 0.372 e. The Kier molecular flexibility index (Phi) is 8.33. The van der Waals surface area contributed by atoms with Gasteiger partial charge in [0.1, 0.15) is 0 Å². The maximum Gasteiger partial charge on any atom is 0.0866 e. The summed E-state index contributed by atoms with van der Waals surface area (Å²) < 4.78 is 7.77. The van der Waals surface area contributed by atoms with Crippen LogP contribution in [0.25, 0.3) is 11.6 Å². The van der Waals surface area contributed by atoms with Crippen molar-refractivity contribution in [2.75, 3.05) is 26.2 Å². The Morgan fingerprint density at radius 3 is 2.19 bits per heavy atom. The Morgan fingerprint density at radius 2 is 1.52 bits per heavy atom. The second kappa shape index (κ2) is 11.6. The summed E-state index contributed by atoms with van der Waals surface area (Å²) in [5, 5.41) is 0. The Balaban J connectivity index is 1.57. The van der Waals surface area contributed by atoms with Crippen LogP contribution >= 0.6 is 22.6 Å². The summed E-state index contributed by atoms with van der Waals surface area (Å²) in [6.07, 6.45) is 5.84. The number of hydrogen-bond donors (Lipinski definition) is 0. The fourth-order valence-corrected chi connectivity index (χ4v) is 4.50. The summed E-state index contributed by atoms with van der Waals surface area (Å²) in [6, 6.07) is 30.1. The minimum Gasteiger partial charge on any atom is -0.372 e. The van der Waals surface area contributed by atoms with Gasteiger partial charge in [-0.1, -0.05) is 78.9 Å². The van der Waals surface area contributed by atoms with Crippen LogP contribution in [0.2, 0.25) is 0 Å². The molecule has 1 aliphatic rings. The van der Waals surface area contributed by atoms with E-state index in [1.54, 1.807) is 0 Å². The molecule has 0 spiro atoms. The van der Waals surface area contributed by atoms with E-state index in [9.17, 15) is 0 Å². The van der Waals surface area contributed by atoms with Crippen LogP contribution in [0.1, 0.15) is 42.1 Å². The minimum atomic E-state index is 0.0408. The normalized spacial score (nSPS) is 15.8. The molecule has 2 nitrogen and oxygen atoms in total. The van der Waals surface area contributed by atoms with E-state index in [0.717, 1.165) is 19.6 Å². The molecule has 1 heterocycles. The number of halogens is 1. The van der Waals surface area contributed by atoms with Crippen molar-refractivity contribution in [2.45, 2.75) is 25.4 Å². The third-order valence-corrected chi connectivity index (χ3v) is 6.58. The average molecular weight is 523 g/mol. The predicted octanol–water partition coefficient (Wildman–Crippen LogP) is 7.08. The van der Waals surface area contributed by atoms with Gasteiger partial charge in [0.25, 0.3) is 0 Å². The van der Waals surface area contributed by atoms with E-state index < -0.39 is 0 Å². The molecule has 1 atom stereocenters. The Hall–Kier alpha value is -1.95. The second-order valence-electron chi connectivity index (χ2n) is 8.11. The summed E-state index contributed by atoms with van der Waals surface area (Å²) >= 11 is 2.36. The van der Waals surface area contributed by atoms with E-state index in [-0.39, 0.29) is 6.10 Å². The van der Waals surface area contributed by atoms with Crippen molar-refractivity contribution in [2.24, 2.45) is 0 Å². The van der Waals surface area contributed by atoms with Gasteiger partial charge in [-0.05, 0) is 82.9 Å². The molecule has 0 amide bonds. The first-order chi connectivity index (χ1) is 15.3. The maximum absolute atomic E-state index is 6.52. The Bertz CT molecular complexity index is 947. The van der Waals surface area contributed by atoms with Gasteiger partial charge in [-0.2, -0.15) is 0 Å². The lowest BCUT2D eigenvalue weighted by Crippen LogP contribution is -2.24. The summed E-state index contributed by atoms with van der Waals surface area (Å²) in [7, 11) is 0. The number of hydrogen-bond acceptors (Lipinski definition) is 2. The number of ether oxygens (including phenoxy) is 1. The molecule has 1 saturated heterocycles. The Labute approximate surface area is 200 Å². The molecule has 4 rings (SSSR count). The SMILES string of the molecule is Ic1ccc(C=C(CC(OCCN2CCCC2)c2ccccc2)c2ccccc2)cc1. The van der Waals surface area contributed by atoms with Crippen LogP contribution in [0.3, 0.4) is 0 Å². The van der Waals surface area contributed by atoms with Crippen molar-refractivity contribution in [1.82, 2.24) is 4.90 Å². The van der Waals surface area contributed by atoms with Gasteiger partial charge in [0.05, 0.1) is 12.7 Å². The number of nitrogens with zero attached hydrogens (tertiary/aromatic N) is 1. The molecule has 160 valence electrons. The van der Waals surface area contributed by atoms with E-state index in [1.165, 1.54) is 51.8 Å². The number of likely N-dealkylation sites (tertiary alicyclic amines) is 1. The highest BCUT2D eigenvalue weighted by molar-refractivity contribution is 14.1. The molecule has 0 saturated carbocycles. The van der Waals surface area contributed by atoms with Crippen LogP contribution in [0.5, 0.6) is 0 Å². The topological polar surface area (TPSA) is 12.5 Å². The fraction of sp³-hybridized carbons (Fsp3) is 0.286. The van der Waals surface area contributed by atoms with Crippen molar-refractivity contribution in [1.29, 1.82) is 0 Å². The molecule has 3 aromatic carbocycles. The molecule has 31 heavy (non-hydrogen) atoms. The minimum absolute atomic E-state index is 0.0408. The third-order valence-electron chi connectivity index (χ3n) is 5.86. The van der Waals surface area contributed by atoms with Crippen molar-refractivity contribution >= 4 is 34.2 Å². The third kappa shape index (κ3) is 6.76. The highest BCUT2D eigenvalue weighted by Gasteiger charge is 2.17. The van der Waals surface area contributed by atoms with E-state index in [1.807, 2.05) is 0 Å². The van der Waals surface area contributed by atoms with Crippen LogP contribution in [0.15, 0.2) is 84.9 Å². The summed E-state index contributed by atoms with van der Waals surface area (Å²) in [5.74, 6) is 0. The molecular weight excluding hydrogens is 493 g/mol. The van der Waals surface area contributed by atoms with Gasteiger partial charge in [-0.3, -0.25) is 0 Å². The van der Waals surface area contributed by atoms with Crippen molar-refractivity contribution in [3.05, 3.63) is 105 Å². The van der Waals surface area contributed by atoms with Crippen molar-refractivity contribution < 1.29 is 4.74 Å². The van der Waals surface area contributed by atoms with Gasteiger partial charge < -0.3 is 9.64 Å². The highest BCUT2D eigenvalue weighted by Crippen LogP contribution is 2.32. The number of benzene rings is 3. The molecule has 3 aromatic rings. The molecule has 3 heteroatoms. The zero-order valence-corrected chi connectivity index (χ0v) is 20.1. The number of rotatable bonds is 9. The molecule has 0 N–H and O–H groups in total. The predicted molar refractivity (Wildman–Crippen MR) is 139 cm³/mol. The standard InChI is InChI=1S/C28H30INO/c29-27-15-13-23(14-16-27)21-26(24-9-3-1-4-10-24)22-28(25-11-5-2-6-12-25)31-20-19-30-17-7-8-18-30/h1-6,9-16,21,28H,7-8,17-20,22H2. The second-order valence-corrected chi connectivity index (χ2v) is 9.36. The molecule has 1 fully saturated rings. The van der Waals surface area contributed by atoms with Crippen LogP contribution in [-0.2, 0) is 4.74 Å². The van der Waals surface area contributed by atoms with Gasteiger partial charge in [-0.25, -0.2) is 0 Å². The maximum atomic E-state index is 6.52.